The molecule has 4 heteroatoms. The van der Waals surface area contributed by atoms with Gasteiger partial charge in [0.15, 0.2) is 0 Å². The van der Waals surface area contributed by atoms with E-state index in [1.165, 1.54) is 0 Å². The van der Waals surface area contributed by atoms with E-state index >= 15 is 0 Å². The Bertz CT molecular complexity index is 283. The van der Waals surface area contributed by atoms with Crippen molar-refractivity contribution in [2.45, 2.75) is 26.9 Å². The Balaban J connectivity index is 2.41. The summed E-state index contributed by atoms with van der Waals surface area (Å²) in [4.78, 5) is 4.34. The van der Waals surface area contributed by atoms with Crippen LogP contribution in [0, 0.1) is 6.92 Å². The van der Waals surface area contributed by atoms with Crippen molar-refractivity contribution in [3.63, 3.8) is 0 Å². The Morgan fingerprint density at radius 1 is 1.64 bits per heavy atom. The maximum atomic E-state index is 5.41. The fourth-order valence-corrected chi connectivity index (χ4v) is 1.36. The van der Waals surface area contributed by atoms with Crippen LogP contribution in [0.3, 0.4) is 0 Å². The first-order valence-corrected chi connectivity index (χ1v) is 4.99. The normalized spacial score (nSPS) is 12.9. The molecular formula is C10H19N3O. The van der Waals surface area contributed by atoms with Crippen molar-refractivity contribution in [3.8, 4) is 0 Å². The van der Waals surface area contributed by atoms with Gasteiger partial charge in [-0.3, -0.25) is 0 Å². The zero-order chi connectivity index (χ0) is 10.6. The molecule has 0 aromatic carbocycles. The maximum Gasteiger partial charge on any atom is 0.202 e. The molecule has 1 N–H and O–H groups in total. The van der Waals surface area contributed by atoms with Crippen molar-refractivity contribution in [1.29, 1.82) is 0 Å². The minimum Gasteiger partial charge on any atom is -0.377 e. The first kappa shape index (κ1) is 11.0. The minimum atomic E-state index is 0.219. The molecule has 0 aliphatic carbocycles. The summed E-state index contributed by atoms with van der Waals surface area (Å²) in [5.41, 5.74) is 1.03. The van der Waals surface area contributed by atoms with E-state index in [0.717, 1.165) is 24.8 Å². The lowest BCUT2D eigenvalue weighted by atomic mass is 10.4. The van der Waals surface area contributed by atoms with Crippen molar-refractivity contribution in [3.05, 3.63) is 11.9 Å². The van der Waals surface area contributed by atoms with Crippen LogP contribution in [0.2, 0.25) is 0 Å². The molecule has 1 aromatic rings. The third-order valence-electron chi connectivity index (χ3n) is 2.00. The van der Waals surface area contributed by atoms with Gasteiger partial charge >= 0.3 is 0 Å². The SMILES string of the molecule is CCOC(C)CNc1nc(C)cn1C. The quantitative estimate of drug-likeness (QED) is 0.778. The standard InChI is InChI=1S/C10H19N3O/c1-5-14-9(3)6-11-10-12-8(2)7-13(10)4/h7,9H,5-6H2,1-4H3,(H,11,12). The number of ether oxygens (including phenoxy) is 1. The topological polar surface area (TPSA) is 39.1 Å². The van der Waals surface area contributed by atoms with E-state index in [-0.39, 0.29) is 6.10 Å². The summed E-state index contributed by atoms with van der Waals surface area (Å²) < 4.78 is 7.39. The zero-order valence-corrected chi connectivity index (χ0v) is 9.37. The third-order valence-corrected chi connectivity index (χ3v) is 2.00. The van der Waals surface area contributed by atoms with Crippen molar-refractivity contribution < 1.29 is 4.74 Å². The second-order valence-electron chi connectivity index (χ2n) is 3.46. The van der Waals surface area contributed by atoms with Gasteiger partial charge in [-0.25, -0.2) is 4.98 Å². The van der Waals surface area contributed by atoms with E-state index in [0.29, 0.717) is 0 Å². The van der Waals surface area contributed by atoms with Crippen LogP contribution in [0.5, 0.6) is 0 Å². The zero-order valence-electron chi connectivity index (χ0n) is 9.37. The molecule has 80 valence electrons. The first-order valence-electron chi connectivity index (χ1n) is 4.99. The van der Waals surface area contributed by atoms with Gasteiger partial charge in [-0.15, -0.1) is 0 Å². The van der Waals surface area contributed by atoms with E-state index in [9.17, 15) is 0 Å². The van der Waals surface area contributed by atoms with E-state index in [2.05, 4.69) is 10.3 Å². The van der Waals surface area contributed by atoms with Gasteiger partial charge < -0.3 is 14.6 Å². The molecule has 0 bridgehead atoms. The predicted octanol–water partition coefficient (Wildman–Crippen LogP) is 1.57. The number of hydrogen-bond donors (Lipinski definition) is 1. The molecule has 4 nitrogen and oxygen atoms in total. The fourth-order valence-electron chi connectivity index (χ4n) is 1.36. The average molecular weight is 197 g/mol. The number of imidazole rings is 1. The van der Waals surface area contributed by atoms with E-state index < -0.39 is 0 Å². The highest BCUT2D eigenvalue weighted by Gasteiger charge is 2.04. The lowest BCUT2D eigenvalue weighted by molar-refractivity contribution is 0.0854. The molecule has 1 rings (SSSR count). The number of rotatable bonds is 5. The Morgan fingerprint density at radius 3 is 2.86 bits per heavy atom. The fraction of sp³-hybridized carbons (Fsp3) is 0.700. The molecule has 0 spiro atoms. The van der Waals surface area contributed by atoms with Gasteiger partial charge in [0.05, 0.1) is 11.8 Å². The predicted molar refractivity (Wildman–Crippen MR) is 57.5 cm³/mol. The summed E-state index contributed by atoms with van der Waals surface area (Å²) in [6, 6.07) is 0. The highest BCUT2D eigenvalue weighted by Crippen LogP contribution is 2.05. The second-order valence-corrected chi connectivity index (χ2v) is 3.46. The van der Waals surface area contributed by atoms with Crippen LogP contribution < -0.4 is 5.32 Å². The average Bonchev–Trinajstić information content (AvgIpc) is 2.42. The number of nitrogens with zero attached hydrogens (tertiary/aromatic N) is 2. The Kier molecular flexibility index (Phi) is 3.95. The summed E-state index contributed by atoms with van der Waals surface area (Å²) in [6.07, 6.45) is 2.21. The molecule has 1 atom stereocenters. The molecule has 0 saturated heterocycles. The second kappa shape index (κ2) is 5.00. The van der Waals surface area contributed by atoms with Crippen molar-refractivity contribution in [2.24, 2.45) is 7.05 Å². The van der Waals surface area contributed by atoms with Gasteiger partial charge in [0.1, 0.15) is 0 Å². The lowest BCUT2D eigenvalue weighted by Crippen LogP contribution is -2.21. The van der Waals surface area contributed by atoms with Gasteiger partial charge in [-0.1, -0.05) is 0 Å². The van der Waals surface area contributed by atoms with Crippen LogP contribution in [0.15, 0.2) is 6.20 Å². The Hall–Kier alpha value is -1.03. The van der Waals surface area contributed by atoms with Crippen molar-refractivity contribution >= 4 is 5.95 Å². The van der Waals surface area contributed by atoms with E-state index in [1.54, 1.807) is 0 Å². The summed E-state index contributed by atoms with van der Waals surface area (Å²) >= 11 is 0. The number of nitrogens with one attached hydrogen (secondary N) is 1. The van der Waals surface area contributed by atoms with Crippen LogP contribution in [0.25, 0.3) is 0 Å². The summed E-state index contributed by atoms with van der Waals surface area (Å²) in [7, 11) is 1.98. The van der Waals surface area contributed by atoms with Crippen LogP contribution in [-0.4, -0.2) is 28.8 Å². The van der Waals surface area contributed by atoms with Crippen LogP contribution in [0.4, 0.5) is 5.95 Å². The van der Waals surface area contributed by atoms with E-state index in [4.69, 9.17) is 4.74 Å². The number of anilines is 1. The molecule has 0 amide bonds. The molecule has 0 saturated carbocycles. The van der Waals surface area contributed by atoms with Gasteiger partial charge in [0.25, 0.3) is 0 Å². The van der Waals surface area contributed by atoms with Crippen LogP contribution in [0.1, 0.15) is 19.5 Å². The highest BCUT2D eigenvalue weighted by molar-refractivity contribution is 5.28. The molecule has 0 radical (unpaired) electrons. The van der Waals surface area contributed by atoms with E-state index in [1.807, 2.05) is 38.6 Å². The van der Waals surface area contributed by atoms with Gasteiger partial charge in [-0.05, 0) is 20.8 Å². The molecule has 14 heavy (non-hydrogen) atoms. The molecular weight excluding hydrogens is 178 g/mol. The minimum absolute atomic E-state index is 0.219. The lowest BCUT2D eigenvalue weighted by Gasteiger charge is -2.12. The highest BCUT2D eigenvalue weighted by atomic mass is 16.5. The van der Waals surface area contributed by atoms with Gasteiger partial charge in [-0.2, -0.15) is 0 Å². The van der Waals surface area contributed by atoms with Gasteiger partial charge in [0, 0.05) is 26.4 Å². The summed E-state index contributed by atoms with van der Waals surface area (Å²) in [6.45, 7) is 7.57. The largest absolute Gasteiger partial charge is 0.377 e. The summed E-state index contributed by atoms with van der Waals surface area (Å²) in [5.74, 6) is 0.897. The Labute approximate surface area is 85.3 Å². The smallest absolute Gasteiger partial charge is 0.202 e. The number of aromatic nitrogens is 2. The molecule has 0 aliphatic rings. The third kappa shape index (κ3) is 3.03. The van der Waals surface area contributed by atoms with Crippen LogP contribution >= 0.6 is 0 Å². The summed E-state index contributed by atoms with van der Waals surface area (Å²) in [5, 5.41) is 3.25. The van der Waals surface area contributed by atoms with Crippen LogP contribution in [-0.2, 0) is 11.8 Å². The molecule has 0 aliphatic heterocycles. The van der Waals surface area contributed by atoms with Crippen molar-refractivity contribution in [1.82, 2.24) is 9.55 Å². The van der Waals surface area contributed by atoms with Gasteiger partial charge in [0.2, 0.25) is 5.95 Å². The Morgan fingerprint density at radius 2 is 2.36 bits per heavy atom. The number of aryl methyl sites for hydroxylation is 2. The number of hydrogen-bond acceptors (Lipinski definition) is 3. The molecule has 0 fully saturated rings. The first-order chi connectivity index (χ1) is 6.63. The maximum absolute atomic E-state index is 5.41. The molecule has 1 aromatic heterocycles. The molecule has 1 heterocycles. The molecule has 1 unspecified atom stereocenters. The monoisotopic (exact) mass is 197 g/mol. The van der Waals surface area contributed by atoms with Crippen molar-refractivity contribution in [2.75, 3.05) is 18.5 Å².